The molecule has 0 amide bonds. The molecule has 6 rings (SSSR count). The van der Waals surface area contributed by atoms with Gasteiger partial charge in [0.05, 0.1) is 0 Å². The minimum atomic E-state index is -0.696. The van der Waals surface area contributed by atoms with Crippen molar-refractivity contribution >= 4 is 56.0 Å². The quantitative estimate of drug-likeness (QED) is 0.156. The molecule has 0 saturated heterocycles. The van der Waals surface area contributed by atoms with Crippen LogP contribution in [-0.2, 0) is 0 Å². The standard InChI is InChI=1S/3C14H16NP/c3*1-11-3-7-13(8-4-11)16(15)14-9-5-12(2)6-10-14/h3*3-10H,15H2,1-2H3. The maximum absolute atomic E-state index is 6.28. The zero-order chi connectivity index (χ0) is 34.6. The molecule has 0 aliphatic rings. The maximum Gasteiger partial charge on any atom is 0.0225 e. The van der Waals surface area contributed by atoms with Gasteiger partial charge < -0.3 is 16.5 Å². The molecule has 246 valence electrons. The average Bonchev–Trinajstić information content (AvgIpc) is 3.10. The minimum Gasteiger partial charge on any atom is -0.302 e. The summed E-state index contributed by atoms with van der Waals surface area (Å²) in [6.07, 6.45) is 0. The lowest BCUT2D eigenvalue weighted by Gasteiger charge is -2.12. The molecular weight excluding hydrogens is 639 g/mol. The monoisotopic (exact) mass is 687 g/mol. The van der Waals surface area contributed by atoms with Crippen LogP contribution in [0.3, 0.4) is 0 Å². The number of hydrogen-bond acceptors (Lipinski definition) is 3. The van der Waals surface area contributed by atoms with E-state index in [-0.39, 0.29) is 0 Å². The normalized spacial score (nSPS) is 10.8. The first-order valence-electron chi connectivity index (χ1n) is 16.0. The van der Waals surface area contributed by atoms with E-state index in [1.165, 1.54) is 65.2 Å². The van der Waals surface area contributed by atoms with Gasteiger partial charge in [-0.3, -0.25) is 0 Å². The summed E-state index contributed by atoms with van der Waals surface area (Å²) in [7, 11) is -2.09. The fourth-order valence-corrected chi connectivity index (χ4v) is 8.40. The Morgan fingerprint density at radius 3 is 0.438 bits per heavy atom. The molecular formula is C42H48N3P3. The molecule has 48 heavy (non-hydrogen) atoms. The lowest BCUT2D eigenvalue weighted by Crippen LogP contribution is -2.17. The van der Waals surface area contributed by atoms with Crippen molar-refractivity contribution in [3.63, 3.8) is 0 Å². The first-order chi connectivity index (χ1) is 23.0. The van der Waals surface area contributed by atoms with Gasteiger partial charge >= 0.3 is 0 Å². The number of benzene rings is 6. The summed E-state index contributed by atoms with van der Waals surface area (Å²) >= 11 is 0. The Morgan fingerprint density at radius 2 is 0.333 bits per heavy atom. The van der Waals surface area contributed by atoms with Gasteiger partial charge in [-0.05, 0) is 73.4 Å². The van der Waals surface area contributed by atoms with E-state index in [4.69, 9.17) is 16.5 Å². The fourth-order valence-electron chi connectivity index (χ4n) is 4.68. The highest BCUT2D eigenvalue weighted by Crippen LogP contribution is 2.25. The summed E-state index contributed by atoms with van der Waals surface area (Å²) in [6.45, 7) is 12.6. The Morgan fingerprint density at radius 1 is 0.229 bits per heavy atom. The summed E-state index contributed by atoms with van der Waals surface area (Å²) in [5, 5.41) is 7.36. The van der Waals surface area contributed by atoms with Crippen molar-refractivity contribution in [1.82, 2.24) is 0 Å². The van der Waals surface area contributed by atoms with Crippen molar-refractivity contribution in [2.24, 2.45) is 16.5 Å². The first-order valence-corrected chi connectivity index (χ1v) is 20.3. The number of nitrogens with two attached hydrogens (primary N) is 3. The Balaban J connectivity index is 0.000000163. The van der Waals surface area contributed by atoms with Gasteiger partial charge in [-0.15, -0.1) is 0 Å². The second kappa shape index (κ2) is 18.3. The largest absolute Gasteiger partial charge is 0.302 e. The predicted molar refractivity (Wildman–Crippen MR) is 218 cm³/mol. The van der Waals surface area contributed by atoms with Crippen LogP contribution in [0.4, 0.5) is 0 Å². The molecule has 6 N–H and O–H groups in total. The number of aryl methyl sites for hydroxylation is 6. The van der Waals surface area contributed by atoms with Crippen LogP contribution in [0.2, 0.25) is 0 Å². The van der Waals surface area contributed by atoms with Gasteiger partial charge in [-0.25, -0.2) is 0 Å². The summed E-state index contributed by atoms with van der Waals surface area (Å²) in [6, 6.07) is 50.9. The van der Waals surface area contributed by atoms with Crippen LogP contribution in [-0.4, -0.2) is 0 Å². The average molecular weight is 688 g/mol. The van der Waals surface area contributed by atoms with E-state index in [9.17, 15) is 0 Å². The van der Waals surface area contributed by atoms with Crippen molar-refractivity contribution < 1.29 is 0 Å². The third kappa shape index (κ3) is 11.3. The van der Waals surface area contributed by atoms with Crippen LogP contribution in [0.25, 0.3) is 0 Å². The van der Waals surface area contributed by atoms with Crippen LogP contribution >= 0.6 is 24.2 Å². The van der Waals surface area contributed by atoms with Crippen molar-refractivity contribution in [3.05, 3.63) is 179 Å². The highest BCUT2D eigenvalue weighted by Gasteiger charge is 2.09. The fraction of sp³-hybridized carbons (Fsp3) is 0.143. The smallest absolute Gasteiger partial charge is 0.0225 e. The Kier molecular flexibility index (Phi) is 14.2. The van der Waals surface area contributed by atoms with Crippen molar-refractivity contribution in [2.75, 3.05) is 0 Å². The van der Waals surface area contributed by atoms with Crippen LogP contribution < -0.4 is 48.3 Å². The Bertz CT molecular complexity index is 1460. The Labute approximate surface area is 292 Å². The minimum absolute atomic E-state index is 0.696. The topological polar surface area (TPSA) is 78.1 Å². The number of rotatable bonds is 6. The van der Waals surface area contributed by atoms with Gasteiger partial charge in [-0.2, -0.15) is 0 Å². The zero-order valence-electron chi connectivity index (χ0n) is 28.9. The van der Waals surface area contributed by atoms with Gasteiger partial charge in [0.25, 0.3) is 0 Å². The molecule has 0 aliphatic heterocycles. The lowest BCUT2D eigenvalue weighted by molar-refractivity contribution is 1.48. The molecule has 0 spiro atoms. The SMILES string of the molecule is Cc1ccc(P(N)c2ccc(C)cc2)cc1.Cc1ccc(P(N)c2ccc(C)cc2)cc1.Cc1ccc(P(N)c2ccc(C)cc2)cc1. The van der Waals surface area contributed by atoms with Gasteiger partial charge in [-0.1, -0.05) is 179 Å². The molecule has 3 nitrogen and oxygen atoms in total. The molecule has 0 radical (unpaired) electrons. The predicted octanol–water partition coefficient (Wildman–Crippen LogP) is 7.83. The molecule has 0 fully saturated rings. The van der Waals surface area contributed by atoms with Crippen molar-refractivity contribution in [2.45, 2.75) is 41.5 Å². The molecule has 0 aliphatic carbocycles. The third-order valence-corrected chi connectivity index (χ3v) is 13.0. The first kappa shape index (κ1) is 37.3. The maximum atomic E-state index is 6.28. The van der Waals surface area contributed by atoms with Crippen LogP contribution in [0.5, 0.6) is 0 Å². The van der Waals surface area contributed by atoms with Crippen LogP contribution in [0.1, 0.15) is 33.4 Å². The molecule has 6 heteroatoms. The zero-order valence-corrected chi connectivity index (χ0v) is 31.6. The van der Waals surface area contributed by atoms with E-state index in [0.29, 0.717) is 0 Å². The number of hydrogen-bond donors (Lipinski definition) is 3. The summed E-state index contributed by atoms with van der Waals surface area (Å²) in [5.74, 6) is 0. The second-order valence-corrected chi connectivity index (χ2v) is 17.4. The molecule has 0 bridgehead atoms. The van der Waals surface area contributed by atoms with Gasteiger partial charge in [0, 0.05) is 24.2 Å². The van der Waals surface area contributed by atoms with Crippen molar-refractivity contribution in [1.29, 1.82) is 0 Å². The Hall–Kier alpha value is -3.51. The molecule has 0 heterocycles. The van der Waals surface area contributed by atoms with E-state index in [1.807, 2.05) is 0 Å². The molecule has 0 saturated carbocycles. The van der Waals surface area contributed by atoms with Crippen molar-refractivity contribution in [3.8, 4) is 0 Å². The molecule has 0 aromatic heterocycles. The lowest BCUT2D eigenvalue weighted by atomic mass is 10.2. The second-order valence-electron chi connectivity index (χ2n) is 12.1. The van der Waals surface area contributed by atoms with Crippen LogP contribution in [0, 0.1) is 41.5 Å². The van der Waals surface area contributed by atoms with Gasteiger partial charge in [0.15, 0.2) is 0 Å². The van der Waals surface area contributed by atoms with E-state index in [2.05, 4.69) is 187 Å². The molecule has 6 aromatic rings. The third-order valence-electron chi connectivity index (χ3n) is 7.87. The van der Waals surface area contributed by atoms with Gasteiger partial charge in [0.1, 0.15) is 0 Å². The van der Waals surface area contributed by atoms with Crippen LogP contribution in [0.15, 0.2) is 146 Å². The molecule has 0 atom stereocenters. The summed E-state index contributed by atoms with van der Waals surface area (Å²) in [4.78, 5) is 0. The summed E-state index contributed by atoms with van der Waals surface area (Å²) in [5.41, 5.74) is 26.5. The van der Waals surface area contributed by atoms with Gasteiger partial charge in [0.2, 0.25) is 0 Å². The molecule has 0 unspecified atom stereocenters. The van der Waals surface area contributed by atoms with E-state index >= 15 is 0 Å². The highest BCUT2D eigenvalue weighted by molar-refractivity contribution is 7.71. The molecule has 6 aromatic carbocycles. The van der Waals surface area contributed by atoms with E-state index in [1.54, 1.807) is 0 Å². The van der Waals surface area contributed by atoms with E-state index in [0.717, 1.165) is 0 Å². The summed E-state index contributed by atoms with van der Waals surface area (Å²) < 4.78 is 0. The highest BCUT2D eigenvalue weighted by atomic mass is 31.1. The van der Waals surface area contributed by atoms with E-state index < -0.39 is 24.2 Å².